The molecule has 1 saturated heterocycles. The molecule has 5 nitrogen and oxygen atoms in total. The maximum absolute atomic E-state index is 14.2. The lowest BCUT2D eigenvalue weighted by atomic mass is 10.0. The number of oxazole rings is 1. The standard InChI is InChI=1S/C18H18F2N2O3/c1-9-16(25-17(21-9)10-2-3-10)18(24)22-8-12(23)7-15(22)13-6-11(19)4-5-14(13)20/h4-6,10,12,15,23H,2-3,7-8H2,1H3/t12-,15-/m1/s1. The molecule has 1 N–H and O–H groups in total. The van der Waals surface area contributed by atoms with Gasteiger partial charge in [0.05, 0.1) is 17.8 Å². The van der Waals surface area contributed by atoms with Crippen molar-refractivity contribution in [2.24, 2.45) is 0 Å². The van der Waals surface area contributed by atoms with Crippen LogP contribution in [-0.2, 0) is 0 Å². The maximum Gasteiger partial charge on any atom is 0.292 e. The van der Waals surface area contributed by atoms with Gasteiger partial charge in [-0.1, -0.05) is 0 Å². The number of halogens is 2. The van der Waals surface area contributed by atoms with Crippen LogP contribution in [0.5, 0.6) is 0 Å². The minimum Gasteiger partial charge on any atom is -0.435 e. The Labute approximate surface area is 143 Å². The highest BCUT2D eigenvalue weighted by Gasteiger charge is 2.40. The second-order valence-corrected chi connectivity index (χ2v) is 6.77. The van der Waals surface area contributed by atoms with Gasteiger partial charge in [0.2, 0.25) is 5.76 Å². The molecule has 2 aliphatic rings. The third-order valence-corrected chi connectivity index (χ3v) is 4.79. The number of nitrogens with zero attached hydrogens (tertiary/aromatic N) is 2. The fraction of sp³-hybridized carbons (Fsp3) is 0.444. The minimum atomic E-state index is -0.803. The summed E-state index contributed by atoms with van der Waals surface area (Å²) in [4.78, 5) is 18.6. The summed E-state index contributed by atoms with van der Waals surface area (Å²) < 4.78 is 33.3. The highest BCUT2D eigenvalue weighted by Crippen LogP contribution is 2.41. The number of aromatic nitrogens is 1. The number of aliphatic hydroxyl groups is 1. The lowest BCUT2D eigenvalue weighted by Crippen LogP contribution is -2.32. The Hall–Kier alpha value is -2.28. The molecule has 0 unspecified atom stereocenters. The predicted octanol–water partition coefficient (Wildman–Crippen LogP) is 3.09. The predicted molar refractivity (Wildman–Crippen MR) is 84.0 cm³/mol. The second kappa shape index (κ2) is 5.91. The first-order chi connectivity index (χ1) is 11.9. The summed E-state index contributed by atoms with van der Waals surface area (Å²) in [5.41, 5.74) is 0.538. The molecule has 7 heteroatoms. The quantitative estimate of drug-likeness (QED) is 0.926. The summed E-state index contributed by atoms with van der Waals surface area (Å²) >= 11 is 0. The van der Waals surface area contributed by atoms with Crippen molar-refractivity contribution in [3.8, 4) is 0 Å². The number of hydrogen-bond donors (Lipinski definition) is 1. The van der Waals surface area contributed by atoms with Crippen LogP contribution in [0.25, 0.3) is 0 Å². The van der Waals surface area contributed by atoms with Gasteiger partial charge in [-0.3, -0.25) is 4.79 Å². The molecule has 1 aliphatic heterocycles. The molecule has 1 aliphatic carbocycles. The number of likely N-dealkylation sites (tertiary alicyclic amines) is 1. The minimum absolute atomic E-state index is 0.0400. The molecule has 2 fully saturated rings. The van der Waals surface area contributed by atoms with E-state index >= 15 is 0 Å². The number of carbonyl (C=O) groups is 1. The first-order valence-electron chi connectivity index (χ1n) is 8.35. The third kappa shape index (κ3) is 2.93. The molecule has 25 heavy (non-hydrogen) atoms. The number of hydrogen-bond acceptors (Lipinski definition) is 4. The number of benzene rings is 1. The Bertz CT molecular complexity index is 832. The average Bonchev–Trinajstić information content (AvgIpc) is 3.25. The van der Waals surface area contributed by atoms with Gasteiger partial charge >= 0.3 is 0 Å². The monoisotopic (exact) mass is 348 g/mol. The first kappa shape index (κ1) is 16.2. The summed E-state index contributed by atoms with van der Waals surface area (Å²) in [6.45, 7) is 1.73. The van der Waals surface area contributed by atoms with Crippen molar-refractivity contribution in [1.29, 1.82) is 0 Å². The van der Waals surface area contributed by atoms with Crippen LogP contribution >= 0.6 is 0 Å². The maximum atomic E-state index is 14.2. The van der Waals surface area contributed by atoms with Crippen molar-refractivity contribution in [1.82, 2.24) is 9.88 Å². The van der Waals surface area contributed by atoms with Crippen molar-refractivity contribution >= 4 is 5.91 Å². The van der Waals surface area contributed by atoms with E-state index in [1.54, 1.807) is 6.92 Å². The highest BCUT2D eigenvalue weighted by molar-refractivity contribution is 5.93. The van der Waals surface area contributed by atoms with Crippen molar-refractivity contribution in [3.05, 3.63) is 52.7 Å². The number of aliphatic hydroxyl groups excluding tert-OH is 1. The van der Waals surface area contributed by atoms with Crippen molar-refractivity contribution in [3.63, 3.8) is 0 Å². The van der Waals surface area contributed by atoms with Gasteiger partial charge in [0.25, 0.3) is 5.91 Å². The van der Waals surface area contributed by atoms with Crippen molar-refractivity contribution in [2.75, 3.05) is 6.54 Å². The Balaban J connectivity index is 1.67. The number of amides is 1. The molecule has 4 rings (SSSR count). The smallest absolute Gasteiger partial charge is 0.292 e. The summed E-state index contributed by atoms with van der Waals surface area (Å²) in [5.74, 6) is -0.724. The summed E-state index contributed by atoms with van der Waals surface area (Å²) in [7, 11) is 0. The normalized spacial score (nSPS) is 23.3. The average molecular weight is 348 g/mol. The zero-order valence-electron chi connectivity index (χ0n) is 13.7. The molecule has 132 valence electrons. The van der Waals surface area contributed by atoms with E-state index in [1.807, 2.05) is 0 Å². The van der Waals surface area contributed by atoms with Gasteiger partial charge in [-0.05, 0) is 44.4 Å². The van der Waals surface area contributed by atoms with Crippen LogP contribution in [0.15, 0.2) is 22.6 Å². The van der Waals surface area contributed by atoms with Crippen molar-refractivity contribution < 1.29 is 23.1 Å². The molecular weight excluding hydrogens is 330 g/mol. The van der Waals surface area contributed by atoms with E-state index in [0.717, 1.165) is 31.0 Å². The van der Waals surface area contributed by atoms with E-state index in [0.29, 0.717) is 11.6 Å². The van der Waals surface area contributed by atoms with Crippen LogP contribution in [0.2, 0.25) is 0 Å². The van der Waals surface area contributed by atoms with Crippen LogP contribution in [0.4, 0.5) is 8.78 Å². The van der Waals surface area contributed by atoms with Crippen molar-refractivity contribution in [2.45, 2.75) is 44.2 Å². The number of aryl methyl sites for hydroxylation is 1. The molecule has 0 radical (unpaired) electrons. The Morgan fingerprint density at radius 3 is 2.84 bits per heavy atom. The first-order valence-corrected chi connectivity index (χ1v) is 8.35. The van der Waals surface area contributed by atoms with Gasteiger partial charge in [0.15, 0.2) is 5.89 Å². The van der Waals surface area contributed by atoms with E-state index in [-0.39, 0.29) is 30.2 Å². The lowest BCUT2D eigenvalue weighted by molar-refractivity contribution is 0.0678. The lowest BCUT2D eigenvalue weighted by Gasteiger charge is -2.24. The molecular formula is C18H18F2N2O3. The zero-order valence-corrected chi connectivity index (χ0v) is 13.7. The number of carbonyl (C=O) groups excluding carboxylic acids is 1. The van der Waals surface area contributed by atoms with Crippen LogP contribution < -0.4 is 0 Å². The Morgan fingerprint density at radius 1 is 1.36 bits per heavy atom. The van der Waals surface area contributed by atoms with Crippen LogP contribution in [0.1, 0.15) is 58.9 Å². The van der Waals surface area contributed by atoms with Crippen LogP contribution in [-0.4, -0.2) is 33.5 Å². The van der Waals surface area contributed by atoms with Gasteiger partial charge in [0, 0.05) is 18.0 Å². The van der Waals surface area contributed by atoms with Gasteiger partial charge in [-0.2, -0.15) is 0 Å². The number of β-amino-alcohol motifs (C(OH)–C–C–N with tert-alkyl or cyclic N) is 1. The number of rotatable bonds is 3. The molecule has 0 bridgehead atoms. The van der Waals surface area contributed by atoms with E-state index < -0.39 is 29.7 Å². The summed E-state index contributed by atoms with van der Waals surface area (Å²) in [5, 5.41) is 10.0. The summed E-state index contributed by atoms with van der Waals surface area (Å²) in [6, 6.07) is 2.38. The second-order valence-electron chi connectivity index (χ2n) is 6.77. The van der Waals surface area contributed by atoms with Crippen LogP contribution in [0.3, 0.4) is 0 Å². The van der Waals surface area contributed by atoms with Crippen LogP contribution in [0, 0.1) is 18.6 Å². The SMILES string of the molecule is Cc1nc(C2CC2)oc1C(=O)N1C[C@H](O)C[C@@H]1c1cc(F)ccc1F. The molecule has 1 amide bonds. The fourth-order valence-corrected chi connectivity index (χ4v) is 3.35. The highest BCUT2D eigenvalue weighted by atomic mass is 19.1. The van der Waals surface area contributed by atoms with Gasteiger partial charge in [0.1, 0.15) is 11.6 Å². The zero-order chi connectivity index (χ0) is 17.7. The van der Waals surface area contributed by atoms with Gasteiger partial charge in [-0.25, -0.2) is 13.8 Å². The van der Waals surface area contributed by atoms with E-state index in [4.69, 9.17) is 4.42 Å². The molecule has 2 heterocycles. The summed E-state index contributed by atoms with van der Waals surface area (Å²) in [6.07, 6.45) is 1.33. The van der Waals surface area contributed by atoms with E-state index in [2.05, 4.69) is 4.98 Å². The van der Waals surface area contributed by atoms with E-state index in [9.17, 15) is 18.7 Å². The van der Waals surface area contributed by atoms with Gasteiger partial charge < -0.3 is 14.4 Å². The molecule has 1 aromatic carbocycles. The Morgan fingerprint density at radius 2 is 2.12 bits per heavy atom. The largest absolute Gasteiger partial charge is 0.435 e. The molecule has 1 saturated carbocycles. The fourth-order valence-electron chi connectivity index (χ4n) is 3.35. The topological polar surface area (TPSA) is 66.6 Å². The van der Waals surface area contributed by atoms with Gasteiger partial charge in [-0.15, -0.1) is 0 Å². The third-order valence-electron chi connectivity index (χ3n) is 4.79. The Kier molecular flexibility index (Phi) is 3.83. The molecule has 0 spiro atoms. The van der Waals surface area contributed by atoms with E-state index in [1.165, 1.54) is 4.90 Å². The molecule has 2 aromatic rings. The molecule has 1 aromatic heterocycles. The molecule has 2 atom stereocenters.